The Bertz CT molecular complexity index is 1680. The maximum Gasteiger partial charge on any atom is 0.263 e. The van der Waals surface area contributed by atoms with Crippen molar-refractivity contribution in [3.63, 3.8) is 0 Å². The summed E-state index contributed by atoms with van der Waals surface area (Å²) in [6, 6.07) is 15.3. The number of carbonyl (C=O) groups is 1. The molecule has 1 amide bonds. The van der Waals surface area contributed by atoms with Crippen LogP contribution in [-0.2, 0) is 14.8 Å². The molecule has 0 saturated heterocycles. The van der Waals surface area contributed by atoms with E-state index in [9.17, 15) is 23.7 Å². The number of nitrogens with one attached hydrogen (secondary N) is 2. The quantitative estimate of drug-likeness (QED) is 0.263. The molecule has 0 spiro atoms. The first-order valence-corrected chi connectivity index (χ1v) is 13.3. The highest BCUT2D eigenvalue weighted by atomic mass is 35.5. The van der Waals surface area contributed by atoms with Crippen LogP contribution in [0.2, 0.25) is 5.15 Å². The molecule has 0 aliphatic carbocycles. The molecule has 38 heavy (non-hydrogen) atoms. The van der Waals surface area contributed by atoms with Gasteiger partial charge >= 0.3 is 0 Å². The third-order valence-corrected chi connectivity index (χ3v) is 7.39. The molecule has 0 bridgehead atoms. The van der Waals surface area contributed by atoms with E-state index in [1.54, 1.807) is 12.1 Å². The highest BCUT2D eigenvalue weighted by Crippen LogP contribution is 2.35. The lowest BCUT2D eigenvalue weighted by atomic mass is 10.0. The lowest BCUT2D eigenvalue weighted by molar-refractivity contribution is -0.113. The van der Waals surface area contributed by atoms with Crippen molar-refractivity contribution >= 4 is 56.6 Å². The van der Waals surface area contributed by atoms with Gasteiger partial charge in [-0.15, -0.1) is 10.2 Å². The van der Waals surface area contributed by atoms with Crippen LogP contribution in [0, 0.1) is 22.7 Å². The van der Waals surface area contributed by atoms with E-state index < -0.39 is 15.9 Å². The molecule has 0 aliphatic rings. The molecular formula is C23H15ClN8O4S2. The van der Waals surface area contributed by atoms with Crippen LogP contribution in [0.15, 0.2) is 69.1 Å². The van der Waals surface area contributed by atoms with Gasteiger partial charge in [0.2, 0.25) is 5.91 Å². The predicted molar refractivity (Wildman–Crippen MR) is 139 cm³/mol. The maximum absolute atomic E-state index is 12.6. The molecule has 15 heteroatoms. The first kappa shape index (κ1) is 26.4. The van der Waals surface area contributed by atoms with Gasteiger partial charge < -0.3 is 15.5 Å². The van der Waals surface area contributed by atoms with Gasteiger partial charge in [0.1, 0.15) is 34.3 Å². The van der Waals surface area contributed by atoms with Crippen LogP contribution >= 0.6 is 23.4 Å². The summed E-state index contributed by atoms with van der Waals surface area (Å²) >= 11 is 6.60. The topological polar surface area (TPSA) is 201 Å². The number of furan rings is 1. The number of thioether (sulfide) groups is 1. The highest BCUT2D eigenvalue weighted by Gasteiger charge is 2.23. The average Bonchev–Trinajstić information content (AvgIpc) is 3.43. The van der Waals surface area contributed by atoms with E-state index in [0.29, 0.717) is 5.69 Å². The summed E-state index contributed by atoms with van der Waals surface area (Å²) in [5, 5.41) is 29.4. The van der Waals surface area contributed by atoms with Crippen LogP contribution in [-0.4, -0.2) is 35.3 Å². The minimum absolute atomic E-state index is 0.00191. The molecule has 0 saturated carbocycles. The van der Waals surface area contributed by atoms with Crippen LogP contribution in [0.5, 0.6) is 0 Å². The van der Waals surface area contributed by atoms with Gasteiger partial charge in [0.15, 0.2) is 11.0 Å². The fraction of sp³-hybridized carbons (Fsp3) is 0.0435. The molecule has 4 rings (SSSR count). The zero-order valence-corrected chi connectivity index (χ0v) is 21.4. The predicted octanol–water partition coefficient (Wildman–Crippen LogP) is 3.64. The van der Waals surface area contributed by atoms with Crippen molar-refractivity contribution < 1.29 is 17.6 Å². The van der Waals surface area contributed by atoms with Crippen molar-refractivity contribution in [2.45, 2.75) is 9.92 Å². The number of nitrogen functional groups attached to an aromatic ring is 1. The Labute approximate surface area is 225 Å². The molecule has 190 valence electrons. The second-order valence-electron chi connectivity index (χ2n) is 7.34. The van der Waals surface area contributed by atoms with Crippen molar-refractivity contribution in [1.82, 2.24) is 15.2 Å². The summed E-state index contributed by atoms with van der Waals surface area (Å²) in [7, 11) is -3.95. The van der Waals surface area contributed by atoms with Crippen molar-refractivity contribution in [2.24, 2.45) is 0 Å². The Hall–Kier alpha value is -4.63. The molecule has 0 radical (unpaired) electrons. The van der Waals surface area contributed by atoms with Gasteiger partial charge in [-0.1, -0.05) is 23.4 Å². The number of anilines is 3. The molecule has 0 fully saturated rings. The zero-order valence-electron chi connectivity index (χ0n) is 19.0. The number of carbonyl (C=O) groups excluding carboxylic acids is 1. The third-order valence-electron chi connectivity index (χ3n) is 4.84. The van der Waals surface area contributed by atoms with Gasteiger partial charge in [0, 0.05) is 5.69 Å². The third kappa shape index (κ3) is 5.84. The van der Waals surface area contributed by atoms with Crippen LogP contribution in [0.4, 0.5) is 17.3 Å². The maximum atomic E-state index is 12.6. The molecule has 3 aromatic heterocycles. The SMILES string of the molecule is N#Cc1c(N)nc(SCC(=O)Nc2ccc(S(=O)(=O)Nc3ccc(Cl)nn3)cc2)c(C#N)c1-c1ccco1. The van der Waals surface area contributed by atoms with Crippen LogP contribution in [0.1, 0.15) is 11.1 Å². The molecule has 1 aromatic carbocycles. The fourth-order valence-electron chi connectivity index (χ4n) is 3.19. The number of amides is 1. The molecule has 3 heterocycles. The van der Waals surface area contributed by atoms with E-state index in [2.05, 4.69) is 25.2 Å². The largest absolute Gasteiger partial charge is 0.464 e. The molecule has 4 aromatic rings. The Morgan fingerprint density at radius 1 is 1.08 bits per heavy atom. The average molecular weight is 567 g/mol. The number of rotatable bonds is 8. The van der Waals surface area contributed by atoms with E-state index in [0.717, 1.165) is 11.8 Å². The van der Waals surface area contributed by atoms with Crippen molar-refractivity contribution in [3.8, 4) is 23.5 Å². The number of nitrogens with zero attached hydrogens (tertiary/aromatic N) is 5. The molecule has 0 unspecified atom stereocenters. The van der Waals surface area contributed by atoms with Gasteiger partial charge in [-0.3, -0.25) is 9.52 Å². The number of benzene rings is 1. The van der Waals surface area contributed by atoms with Gasteiger partial charge in [-0.25, -0.2) is 13.4 Å². The Balaban J connectivity index is 1.45. The lowest BCUT2D eigenvalue weighted by Gasteiger charge is -2.11. The Morgan fingerprint density at radius 2 is 1.82 bits per heavy atom. The van der Waals surface area contributed by atoms with Crippen molar-refractivity contribution in [1.29, 1.82) is 10.5 Å². The minimum Gasteiger partial charge on any atom is -0.464 e. The monoisotopic (exact) mass is 566 g/mol. The van der Waals surface area contributed by atoms with E-state index in [1.807, 2.05) is 12.1 Å². The second-order valence-corrected chi connectivity index (χ2v) is 10.4. The summed E-state index contributed by atoms with van der Waals surface area (Å²) in [5.41, 5.74) is 6.52. The molecule has 12 nitrogen and oxygen atoms in total. The Morgan fingerprint density at radius 3 is 2.42 bits per heavy atom. The summed E-state index contributed by atoms with van der Waals surface area (Å²) in [4.78, 5) is 16.6. The summed E-state index contributed by atoms with van der Waals surface area (Å²) in [5.74, 6) is -0.440. The lowest BCUT2D eigenvalue weighted by Crippen LogP contribution is -2.16. The number of nitrogens with two attached hydrogens (primary N) is 1. The number of hydrogen-bond acceptors (Lipinski definition) is 11. The minimum atomic E-state index is -3.95. The number of sulfonamides is 1. The van der Waals surface area contributed by atoms with Gasteiger partial charge in [-0.05, 0) is 48.5 Å². The van der Waals surface area contributed by atoms with E-state index in [-0.39, 0.29) is 54.9 Å². The summed E-state index contributed by atoms with van der Waals surface area (Å²) in [6.45, 7) is 0. The molecule has 0 atom stereocenters. The fourth-order valence-corrected chi connectivity index (χ4v) is 5.08. The van der Waals surface area contributed by atoms with Gasteiger partial charge in [0.25, 0.3) is 10.0 Å². The first-order chi connectivity index (χ1) is 18.2. The normalized spacial score (nSPS) is 10.8. The van der Waals surface area contributed by atoms with E-state index >= 15 is 0 Å². The second kappa shape index (κ2) is 11.2. The summed E-state index contributed by atoms with van der Waals surface area (Å²) in [6.07, 6.45) is 1.40. The zero-order chi connectivity index (χ0) is 27.3. The number of hydrogen-bond donors (Lipinski definition) is 3. The standard InChI is InChI=1S/C23H15ClN8O4S2/c24-18-7-8-19(31-30-18)32-38(34,35)14-5-3-13(4-6-14)28-20(33)12-37-23-16(11-26)21(17-2-1-9-36-17)15(10-25)22(27)29-23/h1-9H,12H2,(H2,27,29)(H,28,33)(H,31,32). The van der Waals surface area contributed by atoms with Crippen LogP contribution in [0.25, 0.3) is 11.3 Å². The summed E-state index contributed by atoms with van der Waals surface area (Å²) < 4.78 is 32.7. The van der Waals surface area contributed by atoms with E-state index in [1.165, 1.54) is 42.7 Å². The number of nitriles is 2. The van der Waals surface area contributed by atoms with E-state index in [4.69, 9.17) is 21.8 Å². The molecular weight excluding hydrogens is 552 g/mol. The smallest absolute Gasteiger partial charge is 0.263 e. The Kier molecular flexibility index (Phi) is 7.78. The van der Waals surface area contributed by atoms with Gasteiger partial charge in [-0.2, -0.15) is 10.5 Å². The van der Waals surface area contributed by atoms with Crippen molar-refractivity contribution in [3.05, 3.63) is 71.1 Å². The highest BCUT2D eigenvalue weighted by molar-refractivity contribution is 8.00. The van der Waals surface area contributed by atoms with Crippen LogP contribution < -0.4 is 15.8 Å². The van der Waals surface area contributed by atoms with Crippen molar-refractivity contribution in [2.75, 3.05) is 21.5 Å². The number of pyridine rings is 1. The first-order valence-electron chi connectivity index (χ1n) is 10.4. The van der Waals surface area contributed by atoms with Gasteiger partial charge in [0.05, 0.1) is 28.0 Å². The number of halogens is 1. The molecule has 0 aliphatic heterocycles. The van der Waals surface area contributed by atoms with Crippen LogP contribution in [0.3, 0.4) is 0 Å². The molecule has 4 N–H and O–H groups in total. The number of aromatic nitrogens is 3.